The molecule has 0 saturated heterocycles. The summed E-state index contributed by atoms with van der Waals surface area (Å²) >= 11 is 0. The van der Waals surface area contributed by atoms with Gasteiger partial charge in [0.25, 0.3) is 6.43 Å². The SMILES string of the molecule is Nc1c(C(F)F)ccc2ccccc12. The Labute approximate surface area is 80.1 Å². The molecule has 0 aromatic heterocycles. The van der Waals surface area contributed by atoms with E-state index in [9.17, 15) is 8.78 Å². The van der Waals surface area contributed by atoms with Gasteiger partial charge in [-0.25, -0.2) is 8.78 Å². The molecule has 2 N–H and O–H groups in total. The monoisotopic (exact) mass is 193 g/mol. The lowest BCUT2D eigenvalue weighted by atomic mass is 10.0. The molecule has 0 heterocycles. The zero-order valence-electron chi connectivity index (χ0n) is 7.37. The van der Waals surface area contributed by atoms with Gasteiger partial charge in [-0.15, -0.1) is 0 Å². The Morgan fingerprint density at radius 3 is 2.43 bits per heavy atom. The van der Waals surface area contributed by atoms with Crippen LogP contribution in [0.2, 0.25) is 0 Å². The summed E-state index contributed by atoms with van der Waals surface area (Å²) in [5.74, 6) is 0. The second kappa shape index (κ2) is 3.25. The first-order chi connectivity index (χ1) is 6.70. The Morgan fingerprint density at radius 1 is 1.00 bits per heavy atom. The molecule has 0 spiro atoms. The summed E-state index contributed by atoms with van der Waals surface area (Å²) in [6, 6.07) is 10.3. The Hall–Kier alpha value is -1.64. The number of hydrogen-bond acceptors (Lipinski definition) is 1. The molecule has 14 heavy (non-hydrogen) atoms. The van der Waals surface area contributed by atoms with Crippen LogP contribution >= 0.6 is 0 Å². The highest BCUT2D eigenvalue weighted by atomic mass is 19.3. The predicted octanol–water partition coefficient (Wildman–Crippen LogP) is 3.36. The van der Waals surface area contributed by atoms with Gasteiger partial charge in [-0.3, -0.25) is 0 Å². The van der Waals surface area contributed by atoms with E-state index in [0.717, 1.165) is 5.39 Å². The number of halogens is 2. The maximum atomic E-state index is 12.5. The van der Waals surface area contributed by atoms with Crippen molar-refractivity contribution in [3.8, 4) is 0 Å². The molecule has 0 fully saturated rings. The van der Waals surface area contributed by atoms with E-state index in [4.69, 9.17) is 5.73 Å². The van der Waals surface area contributed by atoms with Gasteiger partial charge < -0.3 is 5.73 Å². The average Bonchev–Trinajstić information content (AvgIpc) is 2.18. The normalized spacial score (nSPS) is 11.1. The third kappa shape index (κ3) is 1.31. The number of rotatable bonds is 1. The molecule has 3 heteroatoms. The van der Waals surface area contributed by atoms with E-state index in [-0.39, 0.29) is 11.3 Å². The van der Waals surface area contributed by atoms with Crippen LogP contribution in [-0.4, -0.2) is 0 Å². The maximum Gasteiger partial charge on any atom is 0.265 e. The van der Waals surface area contributed by atoms with Crippen molar-refractivity contribution < 1.29 is 8.78 Å². The third-order valence-corrected chi connectivity index (χ3v) is 2.24. The Bertz CT molecular complexity index is 466. The highest BCUT2D eigenvalue weighted by molar-refractivity contribution is 5.94. The van der Waals surface area contributed by atoms with Gasteiger partial charge in [0.2, 0.25) is 0 Å². The van der Waals surface area contributed by atoms with Crippen LogP contribution in [0, 0.1) is 0 Å². The molecule has 0 aliphatic rings. The van der Waals surface area contributed by atoms with Crippen LogP contribution in [0.3, 0.4) is 0 Å². The highest BCUT2D eigenvalue weighted by Gasteiger charge is 2.12. The Kier molecular flexibility index (Phi) is 2.08. The molecule has 0 saturated carbocycles. The fourth-order valence-electron chi connectivity index (χ4n) is 1.50. The molecular weight excluding hydrogens is 184 g/mol. The standard InChI is InChI=1S/C11H9F2N/c12-11(13)9-6-5-7-3-1-2-4-8(7)10(9)14/h1-6,11H,14H2. The second-order valence-corrected chi connectivity index (χ2v) is 3.09. The summed E-state index contributed by atoms with van der Waals surface area (Å²) < 4.78 is 25.0. The fourth-order valence-corrected chi connectivity index (χ4v) is 1.50. The average molecular weight is 193 g/mol. The summed E-state index contributed by atoms with van der Waals surface area (Å²) in [6.07, 6.45) is -2.51. The highest BCUT2D eigenvalue weighted by Crippen LogP contribution is 2.31. The molecule has 0 aliphatic carbocycles. The Balaban J connectivity index is 2.75. The van der Waals surface area contributed by atoms with Gasteiger partial charge >= 0.3 is 0 Å². The zero-order chi connectivity index (χ0) is 10.1. The van der Waals surface area contributed by atoms with Gasteiger partial charge in [0.15, 0.2) is 0 Å². The van der Waals surface area contributed by atoms with Crippen molar-refractivity contribution in [3.63, 3.8) is 0 Å². The molecule has 2 aromatic rings. The van der Waals surface area contributed by atoms with Crippen LogP contribution in [-0.2, 0) is 0 Å². The second-order valence-electron chi connectivity index (χ2n) is 3.09. The van der Waals surface area contributed by atoms with Crippen molar-refractivity contribution in [1.82, 2.24) is 0 Å². The van der Waals surface area contributed by atoms with E-state index in [0.29, 0.717) is 5.39 Å². The van der Waals surface area contributed by atoms with Gasteiger partial charge in [-0.2, -0.15) is 0 Å². The number of anilines is 1. The maximum absolute atomic E-state index is 12.5. The number of fused-ring (bicyclic) bond motifs is 1. The number of hydrogen-bond donors (Lipinski definition) is 1. The molecule has 2 aromatic carbocycles. The van der Waals surface area contributed by atoms with E-state index in [2.05, 4.69) is 0 Å². The van der Waals surface area contributed by atoms with Crippen molar-refractivity contribution in [2.75, 3.05) is 5.73 Å². The molecule has 0 unspecified atom stereocenters. The Morgan fingerprint density at radius 2 is 1.71 bits per heavy atom. The van der Waals surface area contributed by atoms with Crippen LogP contribution in [0.1, 0.15) is 12.0 Å². The summed E-state index contributed by atoms with van der Waals surface area (Å²) in [4.78, 5) is 0. The van der Waals surface area contributed by atoms with Crippen LogP contribution in [0.5, 0.6) is 0 Å². The molecular formula is C11H9F2N. The minimum atomic E-state index is -2.51. The van der Waals surface area contributed by atoms with Crippen molar-refractivity contribution in [2.45, 2.75) is 6.43 Å². The first-order valence-corrected chi connectivity index (χ1v) is 4.25. The van der Waals surface area contributed by atoms with Gasteiger partial charge in [-0.05, 0) is 5.39 Å². The van der Waals surface area contributed by atoms with Crippen molar-refractivity contribution in [3.05, 3.63) is 42.0 Å². The summed E-state index contributed by atoms with van der Waals surface area (Å²) in [5, 5.41) is 1.57. The lowest BCUT2D eigenvalue weighted by molar-refractivity contribution is 0.152. The van der Waals surface area contributed by atoms with Crippen LogP contribution < -0.4 is 5.73 Å². The quantitative estimate of drug-likeness (QED) is 0.690. The lowest BCUT2D eigenvalue weighted by Gasteiger charge is -2.07. The first-order valence-electron chi connectivity index (χ1n) is 4.25. The molecule has 0 bridgehead atoms. The van der Waals surface area contributed by atoms with Crippen molar-refractivity contribution in [1.29, 1.82) is 0 Å². The third-order valence-electron chi connectivity index (χ3n) is 2.24. The van der Waals surface area contributed by atoms with Crippen LogP contribution in [0.25, 0.3) is 10.8 Å². The van der Waals surface area contributed by atoms with Crippen LogP contribution in [0.4, 0.5) is 14.5 Å². The zero-order valence-corrected chi connectivity index (χ0v) is 7.37. The van der Waals surface area contributed by atoms with Crippen molar-refractivity contribution in [2.24, 2.45) is 0 Å². The number of benzene rings is 2. The number of nitrogens with two attached hydrogens (primary N) is 1. The molecule has 0 amide bonds. The van der Waals surface area contributed by atoms with E-state index in [1.54, 1.807) is 18.2 Å². The van der Waals surface area contributed by atoms with E-state index < -0.39 is 6.43 Å². The predicted molar refractivity (Wildman–Crippen MR) is 53.3 cm³/mol. The largest absolute Gasteiger partial charge is 0.398 e. The smallest absolute Gasteiger partial charge is 0.265 e. The lowest BCUT2D eigenvalue weighted by Crippen LogP contribution is -1.95. The number of nitrogen functional groups attached to an aromatic ring is 1. The number of alkyl halides is 2. The minimum Gasteiger partial charge on any atom is -0.398 e. The van der Waals surface area contributed by atoms with E-state index >= 15 is 0 Å². The fraction of sp³-hybridized carbons (Fsp3) is 0.0909. The topological polar surface area (TPSA) is 26.0 Å². The summed E-state index contributed by atoms with van der Waals surface area (Å²) in [5.41, 5.74) is 5.72. The molecule has 1 nitrogen and oxygen atoms in total. The van der Waals surface area contributed by atoms with Gasteiger partial charge in [0, 0.05) is 16.6 Å². The van der Waals surface area contributed by atoms with Crippen molar-refractivity contribution >= 4 is 16.5 Å². The van der Waals surface area contributed by atoms with E-state index in [1.807, 2.05) is 12.1 Å². The minimum absolute atomic E-state index is 0.0938. The van der Waals surface area contributed by atoms with Gasteiger partial charge in [-0.1, -0.05) is 36.4 Å². The first kappa shape index (κ1) is 8.94. The molecule has 0 radical (unpaired) electrons. The molecule has 2 rings (SSSR count). The molecule has 0 aliphatic heterocycles. The molecule has 72 valence electrons. The van der Waals surface area contributed by atoms with E-state index in [1.165, 1.54) is 6.07 Å². The summed E-state index contributed by atoms with van der Waals surface area (Å²) in [7, 11) is 0. The van der Waals surface area contributed by atoms with Gasteiger partial charge in [0.05, 0.1) is 0 Å². The van der Waals surface area contributed by atoms with Crippen LogP contribution in [0.15, 0.2) is 36.4 Å². The van der Waals surface area contributed by atoms with Gasteiger partial charge in [0.1, 0.15) is 0 Å². The molecule has 0 atom stereocenters. The summed E-state index contributed by atoms with van der Waals surface area (Å²) in [6.45, 7) is 0.